The van der Waals surface area contributed by atoms with Gasteiger partial charge < -0.3 is 15.2 Å². The van der Waals surface area contributed by atoms with Gasteiger partial charge >= 0.3 is 0 Å². The van der Waals surface area contributed by atoms with Crippen LogP contribution in [0.25, 0.3) is 0 Å². The third kappa shape index (κ3) is 3.37. The minimum Gasteiger partial charge on any atom is -0.496 e. The van der Waals surface area contributed by atoms with E-state index in [0.717, 1.165) is 0 Å². The van der Waals surface area contributed by atoms with Crippen molar-refractivity contribution in [3.63, 3.8) is 0 Å². The molecule has 0 heterocycles. The van der Waals surface area contributed by atoms with Gasteiger partial charge in [-0.25, -0.2) is 0 Å². The third-order valence-corrected chi connectivity index (χ3v) is 3.19. The van der Waals surface area contributed by atoms with Crippen LogP contribution in [-0.4, -0.2) is 30.3 Å². The second-order valence-electron chi connectivity index (χ2n) is 4.37. The summed E-state index contributed by atoms with van der Waals surface area (Å²) in [7, 11) is 1.49. The Balaban J connectivity index is 3.00. The monoisotopic (exact) mass is 271 g/mol. The van der Waals surface area contributed by atoms with E-state index in [1.54, 1.807) is 25.1 Å². The Morgan fingerprint density at radius 2 is 2.22 bits per heavy atom. The lowest BCUT2D eigenvalue weighted by molar-refractivity contribution is 0.0844. The maximum Gasteiger partial charge on any atom is 0.255 e. The summed E-state index contributed by atoms with van der Waals surface area (Å²) in [6.07, 6.45) is 0.623. The predicted molar refractivity (Wildman–Crippen MR) is 71.3 cm³/mol. The Kier molecular flexibility index (Phi) is 4.99. The van der Waals surface area contributed by atoms with Crippen molar-refractivity contribution in [2.24, 2.45) is 0 Å². The molecular weight excluding hydrogens is 254 g/mol. The first-order chi connectivity index (χ1) is 8.45. The van der Waals surface area contributed by atoms with Crippen LogP contribution in [0.3, 0.4) is 0 Å². The number of carbonyl (C=O) groups is 1. The zero-order chi connectivity index (χ0) is 13.8. The van der Waals surface area contributed by atoms with E-state index < -0.39 is 5.54 Å². The number of halogens is 1. The van der Waals surface area contributed by atoms with Crippen molar-refractivity contribution in [2.45, 2.75) is 25.8 Å². The Bertz CT molecular complexity index is 430. The van der Waals surface area contributed by atoms with E-state index in [1.807, 2.05) is 6.92 Å². The van der Waals surface area contributed by atoms with Gasteiger partial charge in [-0.2, -0.15) is 0 Å². The summed E-state index contributed by atoms with van der Waals surface area (Å²) in [6, 6.07) is 4.84. The molecule has 0 radical (unpaired) electrons. The Morgan fingerprint density at radius 1 is 1.56 bits per heavy atom. The van der Waals surface area contributed by atoms with Crippen LogP contribution in [0.1, 0.15) is 30.6 Å². The van der Waals surface area contributed by atoms with E-state index in [-0.39, 0.29) is 12.5 Å². The van der Waals surface area contributed by atoms with Crippen LogP contribution in [0.4, 0.5) is 0 Å². The molecule has 0 bridgehead atoms. The van der Waals surface area contributed by atoms with Gasteiger partial charge in [0.1, 0.15) is 5.75 Å². The smallest absolute Gasteiger partial charge is 0.255 e. The first-order valence-corrected chi connectivity index (χ1v) is 6.10. The third-order valence-electron chi connectivity index (χ3n) is 2.95. The molecule has 100 valence electrons. The summed E-state index contributed by atoms with van der Waals surface area (Å²) in [5.41, 5.74) is -0.289. The molecule has 0 aromatic heterocycles. The molecule has 2 N–H and O–H groups in total. The number of ether oxygens (including phenoxy) is 1. The van der Waals surface area contributed by atoms with E-state index in [9.17, 15) is 9.90 Å². The van der Waals surface area contributed by atoms with Gasteiger partial charge in [0.15, 0.2) is 0 Å². The van der Waals surface area contributed by atoms with Gasteiger partial charge in [-0.3, -0.25) is 4.79 Å². The summed E-state index contributed by atoms with van der Waals surface area (Å²) < 4.78 is 5.12. The molecule has 0 aliphatic heterocycles. The van der Waals surface area contributed by atoms with Gasteiger partial charge in [0.2, 0.25) is 0 Å². The molecule has 1 aromatic rings. The molecule has 0 spiro atoms. The fraction of sp³-hybridized carbons (Fsp3) is 0.462. The minimum atomic E-state index is -0.648. The van der Waals surface area contributed by atoms with Gasteiger partial charge in [-0.1, -0.05) is 18.5 Å². The molecule has 0 saturated heterocycles. The summed E-state index contributed by atoms with van der Waals surface area (Å²) in [5, 5.41) is 12.5. The molecular formula is C13H18ClNO3. The van der Waals surface area contributed by atoms with Crippen molar-refractivity contribution < 1.29 is 14.6 Å². The van der Waals surface area contributed by atoms with Crippen molar-refractivity contribution in [1.82, 2.24) is 5.32 Å². The van der Waals surface area contributed by atoms with E-state index >= 15 is 0 Å². The van der Waals surface area contributed by atoms with Crippen molar-refractivity contribution >= 4 is 17.5 Å². The van der Waals surface area contributed by atoms with Crippen LogP contribution >= 0.6 is 11.6 Å². The van der Waals surface area contributed by atoms with Crippen molar-refractivity contribution in [2.75, 3.05) is 13.7 Å². The highest BCUT2D eigenvalue weighted by Crippen LogP contribution is 2.23. The molecule has 18 heavy (non-hydrogen) atoms. The number of amides is 1. The van der Waals surface area contributed by atoms with Gasteiger partial charge in [-0.05, 0) is 31.5 Å². The molecule has 1 rings (SSSR count). The van der Waals surface area contributed by atoms with E-state index in [1.165, 1.54) is 7.11 Å². The second kappa shape index (κ2) is 6.07. The summed E-state index contributed by atoms with van der Waals surface area (Å²) in [4.78, 5) is 12.1. The van der Waals surface area contributed by atoms with Crippen LogP contribution in [-0.2, 0) is 0 Å². The first-order valence-electron chi connectivity index (χ1n) is 5.72. The lowest BCUT2D eigenvalue weighted by Crippen LogP contribution is -2.48. The van der Waals surface area contributed by atoms with Crippen LogP contribution < -0.4 is 10.1 Å². The molecule has 0 aliphatic carbocycles. The predicted octanol–water partition coefficient (Wildman–Crippen LogP) is 2.24. The number of nitrogens with one attached hydrogen (secondary N) is 1. The maximum absolute atomic E-state index is 12.1. The quantitative estimate of drug-likeness (QED) is 0.863. The van der Waals surface area contributed by atoms with Crippen molar-refractivity contribution in [3.8, 4) is 5.75 Å². The van der Waals surface area contributed by atoms with Gasteiger partial charge in [-0.15, -0.1) is 0 Å². The molecule has 0 aliphatic rings. The molecule has 4 nitrogen and oxygen atoms in total. The number of carbonyl (C=O) groups excluding carboxylic acids is 1. The first kappa shape index (κ1) is 14.8. The Labute approximate surface area is 112 Å². The Hall–Kier alpha value is -1.26. The normalized spacial score (nSPS) is 13.8. The topological polar surface area (TPSA) is 58.6 Å². The summed E-state index contributed by atoms with van der Waals surface area (Å²) in [6.45, 7) is 3.55. The van der Waals surface area contributed by atoms with Crippen molar-refractivity contribution in [1.29, 1.82) is 0 Å². The number of aliphatic hydroxyl groups is 1. The average molecular weight is 272 g/mol. The lowest BCUT2D eigenvalue weighted by atomic mass is 9.99. The van der Waals surface area contributed by atoms with E-state index in [4.69, 9.17) is 16.3 Å². The zero-order valence-electron chi connectivity index (χ0n) is 10.8. The van der Waals surface area contributed by atoms with Crippen LogP contribution in [0, 0.1) is 0 Å². The molecule has 0 fully saturated rings. The average Bonchev–Trinajstić information content (AvgIpc) is 2.38. The van der Waals surface area contributed by atoms with Crippen LogP contribution in [0.15, 0.2) is 18.2 Å². The molecule has 0 saturated carbocycles. The highest BCUT2D eigenvalue weighted by molar-refractivity contribution is 6.31. The fourth-order valence-electron chi connectivity index (χ4n) is 1.44. The fourth-order valence-corrected chi connectivity index (χ4v) is 1.61. The Morgan fingerprint density at radius 3 is 2.72 bits per heavy atom. The largest absolute Gasteiger partial charge is 0.496 e. The molecule has 1 atom stereocenters. The minimum absolute atomic E-state index is 0.127. The van der Waals surface area contributed by atoms with Gasteiger partial charge in [0.05, 0.1) is 24.8 Å². The SMILES string of the molecule is CCC(C)(CO)NC(=O)c1cc(Cl)ccc1OC. The second-order valence-corrected chi connectivity index (χ2v) is 4.81. The van der Waals surface area contributed by atoms with E-state index in [2.05, 4.69) is 5.32 Å². The highest BCUT2D eigenvalue weighted by atomic mass is 35.5. The van der Waals surface area contributed by atoms with Gasteiger partial charge in [0, 0.05) is 5.02 Å². The lowest BCUT2D eigenvalue weighted by Gasteiger charge is -2.27. The number of hydrogen-bond acceptors (Lipinski definition) is 3. The number of hydrogen-bond donors (Lipinski definition) is 2. The summed E-state index contributed by atoms with van der Waals surface area (Å²) >= 11 is 5.87. The number of methoxy groups -OCH3 is 1. The standard InChI is InChI=1S/C13H18ClNO3/c1-4-13(2,8-16)15-12(17)10-7-9(14)5-6-11(10)18-3/h5-7,16H,4,8H2,1-3H3,(H,15,17). The van der Waals surface area contributed by atoms with Gasteiger partial charge in [0.25, 0.3) is 5.91 Å². The maximum atomic E-state index is 12.1. The molecule has 1 amide bonds. The summed E-state index contributed by atoms with van der Waals surface area (Å²) in [5.74, 6) is 0.140. The number of aliphatic hydroxyl groups excluding tert-OH is 1. The van der Waals surface area contributed by atoms with Crippen molar-refractivity contribution in [3.05, 3.63) is 28.8 Å². The number of rotatable bonds is 5. The van der Waals surface area contributed by atoms with Crippen LogP contribution in [0.5, 0.6) is 5.75 Å². The molecule has 1 unspecified atom stereocenters. The molecule has 1 aromatic carbocycles. The zero-order valence-corrected chi connectivity index (χ0v) is 11.5. The van der Waals surface area contributed by atoms with E-state index in [0.29, 0.717) is 22.8 Å². The number of benzene rings is 1. The van der Waals surface area contributed by atoms with Crippen LogP contribution in [0.2, 0.25) is 5.02 Å². The highest BCUT2D eigenvalue weighted by Gasteiger charge is 2.25. The molecule has 5 heteroatoms.